The quantitative estimate of drug-likeness (QED) is 0.731. The minimum Gasteiger partial charge on any atom is -0.324 e. The number of primary sulfonamides is 1. The van der Waals surface area contributed by atoms with Crippen molar-refractivity contribution in [1.82, 2.24) is 14.8 Å². The molecular formula is C13H10N4O6S. The van der Waals surface area contributed by atoms with Gasteiger partial charge in [0.1, 0.15) is 5.56 Å². The van der Waals surface area contributed by atoms with Gasteiger partial charge in [0, 0.05) is 7.05 Å². The number of carbonyl (C=O) groups is 3. The van der Waals surface area contributed by atoms with E-state index in [0.29, 0.717) is 0 Å². The van der Waals surface area contributed by atoms with Crippen molar-refractivity contribution >= 4 is 27.8 Å². The molecule has 0 atom stereocenters. The number of carbonyl (C=O) groups excluding carboxylic acids is 3. The largest absolute Gasteiger partial charge is 0.368 e. The second kappa shape index (κ2) is 5.25. The Bertz CT molecular complexity index is 959. The van der Waals surface area contributed by atoms with Gasteiger partial charge in [0.25, 0.3) is 21.8 Å². The van der Waals surface area contributed by atoms with Crippen molar-refractivity contribution in [2.24, 2.45) is 12.2 Å². The first kappa shape index (κ1) is 15.8. The average molecular weight is 350 g/mol. The van der Waals surface area contributed by atoms with Gasteiger partial charge in [-0.25, -0.2) is 18.4 Å². The molecule has 1 aromatic heterocycles. The van der Waals surface area contributed by atoms with Crippen LogP contribution in [0.2, 0.25) is 0 Å². The van der Waals surface area contributed by atoms with Gasteiger partial charge < -0.3 is 4.84 Å². The number of fused-ring (bicyclic) bond motifs is 1. The Morgan fingerprint density at radius 1 is 1.17 bits per heavy atom. The zero-order chi connectivity index (χ0) is 17.6. The second-order valence-corrected chi connectivity index (χ2v) is 6.34. The molecule has 11 heteroatoms. The summed E-state index contributed by atoms with van der Waals surface area (Å²) in [4.78, 5) is 41.2. The standard InChI is InChI=1S/C13H10N4O6S/c1-16-12(24(14,21)22)9(6-15-16)13(20)23-17-10(18)7-4-2-3-5-8(7)11(17)19/h2-6H,1H3,(H2,14,21,22). The van der Waals surface area contributed by atoms with Crippen molar-refractivity contribution in [3.8, 4) is 0 Å². The van der Waals surface area contributed by atoms with Crippen LogP contribution in [0.4, 0.5) is 0 Å². The van der Waals surface area contributed by atoms with E-state index in [4.69, 9.17) is 9.98 Å². The molecule has 0 saturated heterocycles. The zero-order valence-electron chi connectivity index (χ0n) is 12.2. The zero-order valence-corrected chi connectivity index (χ0v) is 13.0. The summed E-state index contributed by atoms with van der Waals surface area (Å²) in [6.07, 6.45) is 0.917. The second-order valence-electron chi connectivity index (χ2n) is 4.86. The molecule has 0 unspecified atom stereocenters. The molecule has 10 nitrogen and oxygen atoms in total. The lowest BCUT2D eigenvalue weighted by Crippen LogP contribution is -2.33. The smallest absolute Gasteiger partial charge is 0.324 e. The van der Waals surface area contributed by atoms with Gasteiger partial charge in [-0.3, -0.25) is 14.3 Å². The van der Waals surface area contributed by atoms with Crippen LogP contribution >= 0.6 is 0 Å². The Kier molecular flexibility index (Phi) is 3.46. The summed E-state index contributed by atoms with van der Waals surface area (Å²) < 4.78 is 24.0. The first-order valence-electron chi connectivity index (χ1n) is 6.46. The highest BCUT2D eigenvalue weighted by Crippen LogP contribution is 2.24. The summed E-state index contributed by atoms with van der Waals surface area (Å²) in [5.41, 5.74) is -0.335. The predicted octanol–water partition coefficient (Wildman–Crippen LogP) is -0.564. The van der Waals surface area contributed by atoms with Gasteiger partial charge in [-0.2, -0.15) is 5.10 Å². The maximum absolute atomic E-state index is 12.2. The van der Waals surface area contributed by atoms with Gasteiger partial charge in [-0.15, -0.1) is 0 Å². The van der Waals surface area contributed by atoms with Crippen LogP contribution in [0.25, 0.3) is 0 Å². The molecule has 1 aromatic carbocycles. The highest BCUT2D eigenvalue weighted by atomic mass is 32.2. The lowest BCUT2D eigenvalue weighted by atomic mass is 10.1. The highest BCUT2D eigenvalue weighted by Gasteiger charge is 2.39. The van der Waals surface area contributed by atoms with Crippen LogP contribution < -0.4 is 5.14 Å². The molecule has 0 bridgehead atoms. The molecule has 2 heterocycles. The van der Waals surface area contributed by atoms with E-state index in [1.165, 1.54) is 19.2 Å². The molecule has 0 radical (unpaired) electrons. The fraction of sp³-hybridized carbons (Fsp3) is 0.0769. The number of sulfonamides is 1. The molecule has 124 valence electrons. The summed E-state index contributed by atoms with van der Waals surface area (Å²) in [6, 6.07) is 5.91. The molecule has 0 fully saturated rings. The number of rotatable bonds is 3. The SMILES string of the molecule is Cn1ncc(C(=O)ON2C(=O)c3ccccc3C2=O)c1S(N)(=O)=O. The van der Waals surface area contributed by atoms with E-state index in [9.17, 15) is 22.8 Å². The third kappa shape index (κ3) is 2.35. The van der Waals surface area contributed by atoms with Crippen LogP contribution in [0.1, 0.15) is 31.1 Å². The maximum Gasteiger partial charge on any atom is 0.368 e. The van der Waals surface area contributed by atoms with E-state index in [0.717, 1.165) is 10.9 Å². The van der Waals surface area contributed by atoms with Crippen LogP contribution in [0.5, 0.6) is 0 Å². The number of benzene rings is 1. The van der Waals surface area contributed by atoms with E-state index in [2.05, 4.69) is 5.10 Å². The molecule has 0 saturated carbocycles. The Balaban J connectivity index is 1.93. The minimum absolute atomic E-state index is 0.0770. The van der Waals surface area contributed by atoms with Crippen molar-refractivity contribution in [1.29, 1.82) is 0 Å². The Morgan fingerprint density at radius 2 is 1.71 bits per heavy atom. The molecule has 3 rings (SSSR count). The predicted molar refractivity (Wildman–Crippen MR) is 76.9 cm³/mol. The monoisotopic (exact) mass is 350 g/mol. The molecule has 1 aliphatic rings. The number of aromatic nitrogens is 2. The first-order valence-corrected chi connectivity index (χ1v) is 8.01. The number of hydrogen-bond acceptors (Lipinski definition) is 7. The lowest BCUT2D eigenvalue weighted by molar-refractivity contribution is -0.0587. The van der Waals surface area contributed by atoms with Crippen LogP contribution in [0, 0.1) is 0 Å². The summed E-state index contributed by atoms with van der Waals surface area (Å²) in [7, 11) is -3.01. The molecule has 0 aliphatic carbocycles. The van der Waals surface area contributed by atoms with E-state index in [1.54, 1.807) is 12.1 Å². The molecule has 24 heavy (non-hydrogen) atoms. The average Bonchev–Trinajstić information content (AvgIpc) is 3.02. The summed E-state index contributed by atoms with van der Waals surface area (Å²) in [5.74, 6) is -2.91. The van der Waals surface area contributed by atoms with E-state index in [-0.39, 0.29) is 16.2 Å². The lowest BCUT2D eigenvalue weighted by Gasteiger charge is -2.12. The number of amides is 2. The van der Waals surface area contributed by atoms with Gasteiger partial charge >= 0.3 is 5.97 Å². The molecule has 2 N–H and O–H groups in total. The Hall–Kier alpha value is -3.05. The molecule has 2 amide bonds. The molecular weight excluding hydrogens is 340 g/mol. The van der Waals surface area contributed by atoms with E-state index < -0.39 is 38.4 Å². The summed E-state index contributed by atoms with van der Waals surface area (Å²) in [5, 5.41) is 8.33. The number of hydroxylamine groups is 2. The molecule has 1 aliphatic heterocycles. The first-order chi connectivity index (χ1) is 11.2. The van der Waals surface area contributed by atoms with E-state index >= 15 is 0 Å². The van der Waals surface area contributed by atoms with Crippen LogP contribution in [0.15, 0.2) is 35.5 Å². The maximum atomic E-state index is 12.2. The van der Waals surface area contributed by atoms with Gasteiger partial charge in [0.2, 0.25) is 0 Å². The topological polar surface area (TPSA) is 142 Å². The van der Waals surface area contributed by atoms with Crippen molar-refractivity contribution in [2.45, 2.75) is 5.03 Å². The third-order valence-corrected chi connectivity index (χ3v) is 4.33. The van der Waals surface area contributed by atoms with Crippen LogP contribution in [-0.4, -0.2) is 41.0 Å². The number of aryl methyl sites for hydroxylation is 1. The van der Waals surface area contributed by atoms with Crippen molar-refractivity contribution < 1.29 is 27.6 Å². The fourth-order valence-corrected chi connectivity index (χ4v) is 3.14. The normalized spacial score (nSPS) is 14.0. The third-order valence-electron chi connectivity index (χ3n) is 3.30. The number of nitrogens with two attached hydrogens (primary N) is 1. The van der Waals surface area contributed by atoms with Crippen molar-refractivity contribution in [2.75, 3.05) is 0 Å². The number of nitrogens with zero attached hydrogens (tertiary/aromatic N) is 3. The van der Waals surface area contributed by atoms with Gasteiger partial charge in [-0.05, 0) is 12.1 Å². The van der Waals surface area contributed by atoms with Gasteiger partial charge in [0.05, 0.1) is 17.3 Å². The van der Waals surface area contributed by atoms with Crippen molar-refractivity contribution in [3.05, 3.63) is 47.2 Å². The highest BCUT2D eigenvalue weighted by molar-refractivity contribution is 7.89. The number of hydrogen-bond donors (Lipinski definition) is 1. The van der Waals surface area contributed by atoms with E-state index in [1.807, 2.05) is 0 Å². The fourth-order valence-electron chi connectivity index (χ4n) is 2.29. The molecule has 2 aromatic rings. The Labute approximate surface area is 135 Å². The van der Waals surface area contributed by atoms with Crippen LogP contribution in [-0.2, 0) is 21.9 Å². The summed E-state index contributed by atoms with van der Waals surface area (Å²) in [6.45, 7) is 0. The minimum atomic E-state index is -4.27. The van der Waals surface area contributed by atoms with Crippen molar-refractivity contribution in [3.63, 3.8) is 0 Å². The summed E-state index contributed by atoms with van der Waals surface area (Å²) >= 11 is 0. The van der Waals surface area contributed by atoms with Gasteiger partial charge in [0.15, 0.2) is 5.03 Å². The molecule has 0 spiro atoms. The Morgan fingerprint density at radius 3 is 2.21 bits per heavy atom. The van der Waals surface area contributed by atoms with Gasteiger partial charge in [-0.1, -0.05) is 17.2 Å². The van der Waals surface area contributed by atoms with Crippen LogP contribution in [0.3, 0.4) is 0 Å². The number of imide groups is 1.